The zero-order valence-corrected chi connectivity index (χ0v) is 14.4. The fourth-order valence-corrected chi connectivity index (χ4v) is 4.09. The topological polar surface area (TPSA) is 61.9 Å². The normalized spacial score (nSPS) is 19.0. The summed E-state index contributed by atoms with van der Waals surface area (Å²) < 4.78 is 0. The lowest BCUT2D eigenvalue weighted by atomic mass is 9.76. The van der Waals surface area contributed by atoms with Crippen molar-refractivity contribution in [2.24, 2.45) is 5.41 Å². The van der Waals surface area contributed by atoms with Crippen LogP contribution in [0.2, 0.25) is 0 Å². The van der Waals surface area contributed by atoms with Crippen molar-refractivity contribution in [2.45, 2.75) is 45.4 Å². The van der Waals surface area contributed by atoms with Crippen LogP contribution in [0.15, 0.2) is 29.3 Å². The Morgan fingerprint density at radius 3 is 2.67 bits per heavy atom. The molecule has 1 aliphatic heterocycles. The predicted octanol–water partition coefficient (Wildman–Crippen LogP) is 2.67. The van der Waals surface area contributed by atoms with Gasteiger partial charge in [0.2, 0.25) is 0 Å². The van der Waals surface area contributed by atoms with Gasteiger partial charge in [-0.05, 0) is 48.6 Å². The van der Waals surface area contributed by atoms with Crippen LogP contribution in [0, 0.1) is 5.41 Å². The van der Waals surface area contributed by atoms with E-state index in [0.717, 1.165) is 44.5 Å². The highest BCUT2D eigenvalue weighted by molar-refractivity contribution is 5.38. The maximum Gasteiger partial charge on any atom is 0.291 e. The van der Waals surface area contributed by atoms with Crippen molar-refractivity contribution >= 4 is 5.82 Å². The number of nitrogens with one attached hydrogen (secondary N) is 1. The molecule has 0 amide bonds. The minimum atomic E-state index is -0.0616. The highest BCUT2D eigenvalue weighted by Gasteiger charge is 2.40. The van der Waals surface area contributed by atoms with E-state index in [1.54, 1.807) is 6.20 Å². The highest BCUT2D eigenvalue weighted by Crippen LogP contribution is 2.44. The molecule has 1 saturated heterocycles. The van der Waals surface area contributed by atoms with Gasteiger partial charge in [-0.2, -0.15) is 0 Å². The molecule has 0 unspecified atom stereocenters. The van der Waals surface area contributed by atoms with Crippen molar-refractivity contribution < 1.29 is 0 Å². The second-order valence-electron chi connectivity index (χ2n) is 7.60. The number of hydrogen-bond donors (Lipinski definition) is 1. The van der Waals surface area contributed by atoms with E-state index in [-0.39, 0.29) is 11.5 Å². The molecule has 0 aromatic carbocycles. The van der Waals surface area contributed by atoms with Crippen molar-refractivity contribution in [1.29, 1.82) is 0 Å². The molecule has 0 bridgehead atoms. The molecule has 5 nitrogen and oxygen atoms in total. The second-order valence-corrected chi connectivity index (χ2v) is 7.60. The molecule has 3 heterocycles. The van der Waals surface area contributed by atoms with Gasteiger partial charge in [-0.15, -0.1) is 0 Å². The maximum atomic E-state index is 12.4. The van der Waals surface area contributed by atoms with Crippen LogP contribution in [0.3, 0.4) is 0 Å². The van der Waals surface area contributed by atoms with Crippen molar-refractivity contribution in [3.63, 3.8) is 0 Å². The lowest BCUT2D eigenvalue weighted by Crippen LogP contribution is -2.43. The zero-order chi connectivity index (χ0) is 16.7. The Bertz CT molecular complexity index is 776. The summed E-state index contributed by atoms with van der Waals surface area (Å²) in [4.78, 5) is 26.5. The first-order valence-electron chi connectivity index (χ1n) is 8.83. The van der Waals surface area contributed by atoms with Crippen LogP contribution in [0.25, 0.3) is 0 Å². The van der Waals surface area contributed by atoms with E-state index in [1.807, 2.05) is 12.3 Å². The Hall–Kier alpha value is -2.17. The quantitative estimate of drug-likeness (QED) is 0.922. The number of piperidine rings is 1. The standard InChI is InChI=1S/C19H24N4O/c1-13(2)16-12-21-17(18(24)22-16)23-8-5-19(6-9-23)10-14-4-3-7-20-15(14)11-19/h3-4,7,12-13H,5-6,8-11H2,1-2H3,(H,22,24). The van der Waals surface area contributed by atoms with E-state index >= 15 is 0 Å². The maximum absolute atomic E-state index is 12.4. The Labute approximate surface area is 142 Å². The van der Waals surface area contributed by atoms with Gasteiger partial charge in [0.15, 0.2) is 5.82 Å². The summed E-state index contributed by atoms with van der Waals surface area (Å²) in [5.74, 6) is 0.858. The van der Waals surface area contributed by atoms with Gasteiger partial charge in [0.05, 0.1) is 0 Å². The number of anilines is 1. The summed E-state index contributed by atoms with van der Waals surface area (Å²) in [7, 11) is 0. The Morgan fingerprint density at radius 1 is 1.21 bits per heavy atom. The van der Waals surface area contributed by atoms with E-state index in [4.69, 9.17) is 0 Å². The van der Waals surface area contributed by atoms with Crippen LogP contribution < -0.4 is 10.5 Å². The van der Waals surface area contributed by atoms with E-state index in [2.05, 4.69) is 39.8 Å². The SMILES string of the molecule is CC(C)c1cnc(N2CCC3(CC2)Cc2cccnc2C3)c(=O)[nH]1. The zero-order valence-electron chi connectivity index (χ0n) is 14.4. The second kappa shape index (κ2) is 5.72. The molecule has 1 aliphatic carbocycles. The molecule has 2 aromatic rings. The monoisotopic (exact) mass is 324 g/mol. The molecule has 126 valence electrons. The van der Waals surface area contributed by atoms with E-state index in [1.165, 1.54) is 11.3 Å². The Balaban J connectivity index is 1.49. The summed E-state index contributed by atoms with van der Waals surface area (Å²) in [5.41, 5.74) is 3.84. The highest BCUT2D eigenvalue weighted by atomic mass is 16.1. The molecule has 2 aromatic heterocycles. The lowest BCUT2D eigenvalue weighted by Gasteiger charge is -2.39. The number of hydrogen-bond acceptors (Lipinski definition) is 4. The first kappa shape index (κ1) is 15.4. The molecule has 1 N–H and O–H groups in total. The van der Waals surface area contributed by atoms with Crippen molar-refractivity contribution in [3.8, 4) is 0 Å². The third-order valence-corrected chi connectivity index (χ3v) is 5.62. The fraction of sp³-hybridized carbons (Fsp3) is 0.526. The first-order chi connectivity index (χ1) is 11.6. The average molecular weight is 324 g/mol. The van der Waals surface area contributed by atoms with Gasteiger partial charge in [0.1, 0.15) is 0 Å². The van der Waals surface area contributed by atoms with Crippen molar-refractivity contribution in [2.75, 3.05) is 18.0 Å². The lowest BCUT2D eigenvalue weighted by molar-refractivity contribution is 0.231. The first-order valence-corrected chi connectivity index (χ1v) is 8.83. The molecule has 1 fully saturated rings. The van der Waals surface area contributed by atoms with Gasteiger partial charge < -0.3 is 9.88 Å². The summed E-state index contributed by atoms with van der Waals surface area (Å²) in [6, 6.07) is 4.24. The van der Waals surface area contributed by atoms with Gasteiger partial charge >= 0.3 is 0 Å². The fourth-order valence-electron chi connectivity index (χ4n) is 4.09. The third-order valence-electron chi connectivity index (χ3n) is 5.62. The molecular weight excluding hydrogens is 300 g/mol. The number of aromatic amines is 1. The van der Waals surface area contributed by atoms with E-state index in [0.29, 0.717) is 11.2 Å². The summed E-state index contributed by atoms with van der Waals surface area (Å²) in [5, 5.41) is 0. The van der Waals surface area contributed by atoms with Crippen LogP contribution in [-0.4, -0.2) is 28.0 Å². The molecular formula is C19H24N4O. The molecule has 0 radical (unpaired) electrons. The molecule has 1 spiro atoms. The van der Waals surface area contributed by atoms with Gasteiger partial charge in [-0.1, -0.05) is 19.9 Å². The number of nitrogens with zero attached hydrogens (tertiary/aromatic N) is 3. The molecule has 24 heavy (non-hydrogen) atoms. The van der Waals surface area contributed by atoms with Crippen molar-refractivity contribution in [1.82, 2.24) is 15.0 Å². The van der Waals surface area contributed by atoms with Gasteiger partial charge in [-0.25, -0.2) is 4.98 Å². The number of aromatic nitrogens is 3. The smallest absolute Gasteiger partial charge is 0.291 e. The molecule has 0 saturated carbocycles. The van der Waals surface area contributed by atoms with Crippen LogP contribution in [-0.2, 0) is 12.8 Å². The molecule has 4 rings (SSSR count). The summed E-state index contributed by atoms with van der Waals surface area (Å²) in [6.45, 7) is 5.91. The Kier molecular flexibility index (Phi) is 3.66. The molecule has 5 heteroatoms. The van der Waals surface area contributed by atoms with Crippen LogP contribution in [0.5, 0.6) is 0 Å². The van der Waals surface area contributed by atoms with Crippen LogP contribution in [0.4, 0.5) is 5.82 Å². The van der Waals surface area contributed by atoms with Crippen LogP contribution in [0.1, 0.15) is 49.6 Å². The predicted molar refractivity (Wildman–Crippen MR) is 94.5 cm³/mol. The average Bonchev–Trinajstić information content (AvgIpc) is 2.93. The number of H-pyrrole nitrogens is 1. The van der Waals surface area contributed by atoms with E-state index < -0.39 is 0 Å². The van der Waals surface area contributed by atoms with E-state index in [9.17, 15) is 4.79 Å². The van der Waals surface area contributed by atoms with Crippen molar-refractivity contribution in [3.05, 3.63) is 51.8 Å². The van der Waals surface area contributed by atoms with Gasteiger partial charge in [0, 0.05) is 36.9 Å². The number of fused-ring (bicyclic) bond motifs is 1. The Morgan fingerprint density at radius 2 is 2.00 bits per heavy atom. The largest absolute Gasteiger partial charge is 0.352 e. The minimum absolute atomic E-state index is 0.0616. The summed E-state index contributed by atoms with van der Waals surface area (Å²) in [6.07, 6.45) is 8.09. The third kappa shape index (κ3) is 2.62. The molecule has 0 atom stereocenters. The van der Waals surface area contributed by atoms with Gasteiger partial charge in [-0.3, -0.25) is 9.78 Å². The minimum Gasteiger partial charge on any atom is -0.352 e. The number of rotatable bonds is 2. The summed E-state index contributed by atoms with van der Waals surface area (Å²) >= 11 is 0. The molecule has 2 aliphatic rings. The number of pyridine rings is 1. The van der Waals surface area contributed by atoms with Gasteiger partial charge in [0.25, 0.3) is 5.56 Å². The van der Waals surface area contributed by atoms with Crippen LogP contribution >= 0.6 is 0 Å².